The van der Waals surface area contributed by atoms with Crippen molar-refractivity contribution >= 4 is 15.8 Å². The monoisotopic (exact) mass is 426 g/mol. The highest BCUT2D eigenvalue weighted by Crippen LogP contribution is 2.33. The van der Waals surface area contributed by atoms with Crippen LogP contribution in [0.25, 0.3) is 0 Å². The molecule has 5 heteroatoms. The number of benzene rings is 1. The molecule has 0 aliphatic carbocycles. The van der Waals surface area contributed by atoms with Gasteiger partial charge in [0.15, 0.2) is 10.6 Å². The molecule has 1 aromatic rings. The molecule has 1 N–H and O–H groups in total. The Morgan fingerprint density at radius 1 is 0.690 bits per heavy atom. The molecule has 0 heterocycles. The van der Waals surface area contributed by atoms with Crippen LogP contribution < -0.4 is 4.48 Å². The third-order valence-corrected chi connectivity index (χ3v) is 6.87. The molecular formula is C24H44NO3S+. The molecule has 0 radical (unpaired) electrons. The van der Waals surface area contributed by atoms with Crippen LogP contribution in [0.4, 0.5) is 5.69 Å². The summed E-state index contributed by atoms with van der Waals surface area (Å²) in [7, 11) is -4.24. The number of rotatable bonds is 17. The fourth-order valence-electron chi connectivity index (χ4n) is 4.29. The second-order valence-electron chi connectivity index (χ2n) is 8.44. The summed E-state index contributed by atoms with van der Waals surface area (Å²) >= 11 is 0. The summed E-state index contributed by atoms with van der Waals surface area (Å²) in [6.45, 7) is 9.49. The fourth-order valence-corrected chi connectivity index (χ4v) is 5.06. The SMILES string of the molecule is CCCCCC[N+](CCCCCC)(CCCCCC)c1ccccc1S(=O)(=O)O. The average Bonchev–Trinajstić information content (AvgIpc) is 2.70. The van der Waals surface area contributed by atoms with Gasteiger partial charge >= 0.3 is 0 Å². The van der Waals surface area contributed by atoms with Gasteiger partial charge in [-0.15, -0.1) is 0 Å². The topological polar surface area (TPSA) is 54.4 Å². The first-order valence-electron chi connectivity index (χ1n) is 11.8. The van der Waals surface area contributed by atoms with Crippen LogP contribution in [0.5, 0.6) is 0 Å². The summed E-state index contributed by atoms with van der Waals surface area (Å²) in [6, 6.07) is 7.14. The van der Waals surface area contributed by atoms with Crippen LogP contribution in [-0.2, 0) is 10.1 Å². The lowest BCUT2D eigenvalue weighted by atomic mass is 10.1. The van der Waals surface area contributed by atoms with Crippen molar-refractivity contribution in [2.45, 2.75) is 103 Å². The minimum Gasteiger partial charge on any atom is -0.290 e. The summed E-state index contributed by atoms with van der Waals surface area (Å²) in [5, 5.41) is 0. The summed E-state index contributed by atoms with van der Waals surface area (Å²) in [4.78, 5) is 0.0986. The second kappa shape index (κ2) is 14.2. The van der Waals surface area contributed by atoms with Crippen LogP contribution in [0.2, 0.25) is 0 Å². The van der Waals surface area contributed by atoms with Gasteiger partial charge in [-0.25, -0.2) is 0 Å². The zero-order chi connectivity index (χ0) is 21.6. The van der Waals surface area contributed by atoms with Crippen LogP contribution in [0, 0.1) is 0 Å². The van der Waals surface area contributed by atoms with E-state index in [0.717, 1.165) is 44.6 Å². The lowest BCUT2D eigenvalue weighted by molar-refractivity contribution is 0.249. The van der Waals surface area contributed by atoms with Crippen molar-refractivity contribution in [1.29, 1.82) is 0 Å². The van der Waals surface area contributed by atoms with Crippen LogP contribution in [-0.4, -0.2) is 32.6 Å². The fraction of sp³-hybridized carbons (Fsp3) is 0.750. The number of quaternary nitrogens is 1. The van der Waals surface area contributed by atoms with Crippen LogP contribution in [0.3, 0.4) is 0 Å². The maximum atomic E-state index is 12.2. The predicted molar refractivity (Wildman–Crippen MR) is 125 cm³/mol. The molecule has 0 aromatic heterocycles. The number of hydrogen-bond donors (Lipinski definition) is 1. The summed E-state index contributed by atoms with van der Waals surface area (Å²) < 4.78 is 35.0. The maximum Gasteiger partial charge on any atom is 0.300 e. The molecule has 0 atom stereocenters. The van der Waals surface area contributed by atoms with E-state index in [1.54, 1.807) is 12.1 Å². The zero-order valence-corrected chi connectivity index (χ0v) is 19.9. The van der Waals surface area contributed by atoms with Gasteiger partial charge in [-0.1, -0.05) is 71.4 Å². The zero-order valence-electron chi connectivity index (χ0n) is 19.0. The van der Waals surface area contributed by atoms with E-state index in [9.17, 15) is 13.0 Å². The third kappa shape index (κ3) is 9.18. The van der Waals surface area contributed by atoms with Crippen molar-refractivity contribution in [3.8, 4) is 0 Å². The first-order valence-corrected chi connectivity index (χ1v) is 13.3. The Kier molecular flexibility index (Phi) is 12.8. The molecule has 0 fully saturated rings. The van der Waals surface area contributed by atoms with Gasteiger partial charge in [0.05, 0.1) is 19.6 Å². The Labute approximate surface area is 180 Å². The molecule has 0 saturated heterocycles. The number of nitrogens with zero attached hydrogens (tertiary/aromatic N) is 1. The standard InChI is InChI=1S/C24H43NO3S/c1-4-7-10-15-20-25(21-16-11-8-5-2,22-17-12-9-6-3)23-18-13-14-19-24(23)29(26,27)28/h13-14,18-19H,4-12,15-17,20-22H2,1-3H3/p+1. The van der Waals surface area contributed by atoms with Crippen molar-refractivity contribution in [2.75, 3.05) is 19.6 Å². The Balaban J connectivity index is 3.25. The van der Waals surface area contributed by atoms with Gasteiger partial charge in [-0.3, -0.25) is 9.04 Å². The molecule has 0 aliphatic heterocycles. The van der Waals surface area contributed by atoms with Crippen molar-refractivity contribution in [1.82, 2.24) is 4.48 Å². The first kappa shape index (κ1) is 26.1. The third-order valence-electron chi connectivity index (χ3n) is 5.97. The maximum absolute atomic E-state index is 12.2. The van der Waals surface area contributed by atoms with Gasteiger partial charge in [-0.05, 0) is 44.6 Å². The highest BCUT2D eigenvalue weighted by molar-refractivity contribution is 7.86. The van der Waals surface area contributed by atoms with E-state index in [0.29, 0.717) is 4.48 Å². The summed E-state index contributed by atoms with van der Waals surface area (Å²) in [5.74, 6) is 0. The Morgan fingerprint density at radius 3 is 1.48 bits per heavy atom. The van der Waals surface area contributed by atoms with Gasteiger partial charge < -0.3 is 0 Å². The van der Waals surface area contributed by atoms with Gasteiger partial charge in [0.2, 0.25) is 0 Å². The lowest BCUT2D eigenvalue weighted by Crippen LogP contribution is -2.52. The largest absolute Gasteiger partial charge is 0.300 e. The highest BCUT2D eigenvalue weighted by Gasteiger charge is 2.34. The molecule has 0 spiro atoms. The van der Waals surface area contributed by atoms with E-state index in [4.69, 9.17) is 0 Å². The molecule has 0 saturated carbocycles. The average molecular weight is 427 g/mol. The molecule has 1 aromatic carbocycles. The molecule has 4 nitrogen and oxygen atoms in total. The minimum atomic E-state index is -4.24. The first-order chi connectivity index (χ1) is 13.9. The van der Waals surface area contributed by atoms with E-state index in [1.807, 2.05) is 12.1 Å². The highest BCUT2D eigenvalue weighted by atomic mass is 32.2. The summed E-state index contributed by atoms with van der Waals surface area (Å²) in [5.41, 5.74) is 0.791. The molecule has 29 heavy (non-hydrogen) atoms. The molecule has 0 unspecified atom stereocenters. The van der Waals surface area contributed by atoms with E-state index < -0.39 is 10.1 Å². The van der Waals surface area contributed by atoms with Gasteiger partial charge in [0, 0.05) is 6.07 Å². The van der Waals surface area contributed by atoms with Gasteiger partial charge in [-0.2, -0.15) is 8.42 Å². The molecule has 0 aliphatic rings. The van der Waals surface area contributed by atoms with Crippen molar-refractivity contribution < 1.29 is 13.0 Å². The van der Waals surface area contributed by atoms with Crippen LogP contribution >= 0.6 is 0 Å². The van der Waals surface area contributed by atoms with Crippen LogP contribution in [0.1, 0.15) is 97.8 Å². The minimum absolute atomic E-state index is 0.0986. The molecule has 0 amide bonds. The number of unbranched alkanes of at least 4 members (excludes halogenated alkanes) is 9. The number of hydrogen-bond acceptors (Lipinski definition) is 2. The lowest BCUT2D eigenvalue weighted by Gasteiger charge is -2.39. The Bertz CT molecular complexity index is 627. The summed E-state index contributed by atoms with van der Waals surface area (Å²) in [6.07, 6.45) is 14.0. The van der Waals surface area contributed by atoms with Crippen molar-refractivity contribution in [3.63, 3.8) is 0 Å². The number of para-hydroxylation sites is 1. The van der Waals surface area contributed by atoms with E-state index >= 15 is 0 Å². The molecule has 0 bridgehead atoms. The predicted octanol–water partition coefficient (Wildman–Crippen LogP) is 6.98. The van der Waals surface area contributed by atoms with E-state index in [1.165, 1.54) is 57.8 Å². The van der Waals surface area contributed by atoms with Gasteiger partial charge in [0.1, 0.15) is 0 Å². The molecule has 1 rings (SSSR count). The smallest absolute Gasteiger partial charge is 0.290 e. The van der Waals surface area contributed by atoms with Gasteiger partial charge in [0.25, 0.3) is 10.1 Å². The molecule has 168 valence electrons. The molecular weight excluding hydrogens is 382 g/mol. The van der Waals surface area contributed by atoms with Crippen LogP contribution in [0.15, 0.2) is 29.2 Å². The van der Waals surface area contributed by atoms with E-state index in [-0.39, 0.29) is 4.90 Å². The Hall–Kier alpha value is -0.910. The second-order valence-corrected chi connectivity index (χ2v) is 9.83. The normalized spacial score (nSPS) is 12.4. The Morgan fingerprint density at radius 2 is 1.10 bits per heavy atom. The quantitative estimate of drug-likeness (QED) is 0.166. The van der Waals surface area contributed by atoms with Crippen molar-refractivity contribution in [2.24, 2.45) is 0 Å². The van der Waals surface area contributed by atoms with Crippen molar-refractivity contribution in [3.05, 3.63) is 24.3 Å². The van der Waals surface area contributed by atoms with E-state index in [2.05, 4.69) is 20.8 Å².